The third-order valence-electron chi connectivity index (χ3n) is 3.64. The number of halogens is 1. The van der Waals surface area contributed by atoms with Gasteiger partial charge in [0.15, 0.2) is 5.90 Å². The van der Waals surface area contributed by atoms with Crippen molar-refractivity contribution < 1.29 is 4.74 Å². The Bertz CT molecular complexity index is 475. The molecule has 1 aromatic carbocycles. The molecule has 2 aliphatic rings. The first kappa shape index (κ1) is 12.2. The number of nitrogens with two attached hydrogens (primary N) is 1. The van der Waals surface area contributed by atoms with Crippen LogP contribution in [0.15, 0.2) is 33.7 Å². The highest BCUT2D eigenvalue weighted by molar-refractivity contribution is 9.10. The van der Waals surface area contributed by atoms with Gasteiger partial charge in [0.05, 0.1) is 6.04 Å². The number of fused-ring (bicyclic) bond motifs is 1. The Balaban J connectivity index is 1.68. The van der Waals surface area contributed by atoms with Gasteiger partial charge in [-0.1, -0.05) is 28.1 Å². The molecule has 1 heterocycles. The van der Waals surface area contributed by atoms with Crippen molar-refractivity contribution >= 4 is 21.8 Å². The van der Waals surface area contributed by atoms with Gasteiger partial charge in [-0.25, -0.2) is 4.99 Å². The molecule has 3 nitrogen and oxygen atoms in total. The lowest BCUT2D eigenvalue weighted by atomic mass is 9.90. The molecule has 1 saturated carbocycles. The molecule has 1 aliphatic heterocycles. The van der Waals surface area contributed by atoms with E-state index in [1.54, 1.807) is 0 Å². The summed E-state index contributed by atoms with van der Waals surface area (Å²) in [5.74, 6) is 0.872. The van der Waals surface area contributed by atoms with Crippen molar-refractivity contribution in [3.8, 4) is 0 Å². The fraction of sp³-hybridized carbons (Fsp3) is 0.500. The summed E-state index contributed by atoms with van der Waals surface area (Å²) in [6, 6.07) is 8.90. The Morgan fingerprint density at radius 1 is 1.39 bits per heavy atom. The maximum Gasteiger partial charge on any atom is 0.188 e. The van der Waals surface area contributed by atoms with Crippen molar-refractivity contribution in [3.63, 3.8) is 0 Å². The van der Waals surface area contributed by atoms with Crippen LogP contribution in [-0.4, -0.2) is 24.1 Å². The molecule has 1 aliphatic carbocycles. The van der Waals surface area contributed by atoms with E-state index in [2.05, 4.69) is 28.1 Å². The van der Waals surface area contributed by atoms with Gasteiger partial charge in [-0.3, -0.25) is 0 Å². The number of hydrogen-bond donors (Lipinski definition) is 1. The normalized spacial score (nSPS) is 30.6. The van der Waals surface area contributed by atoms with Gasteiger partial charge in [-0.15, -0.1) is 0 Å². The van der Waals surface area contributed by atoms with Gasteiger partial charge < -0.3 is 10.5 Å². The Hall–Kier alpha value is -0.870. The number of benzene rings is 1. The van der Waals surface area contributed by atoms with E-state index < -0.39 is 0 Å². The molecule has 1 fully saturated rings. The molecule has 0 amide bonds. The van der Waals surface area contributed by atoms with Crippen LogP contribution >= 0.6 is 15.9 Å². The van der Waals surface area contributed by atoms with E-state index in [0.717, 1.165) is 36.1 Å². The minimum Gasteiger partial charge on any atom is -0.475 e. The van der Waals surface area contributed by atoms with Crippen molar-refractivity contribution in [2.24, 2.45) is 10.7 Å². The molecule has 3 rings (SSSR count). The molecule has 96 valence electrons. The average Bonchev–Trinajstić information content (AvgIpc) is 2.70. The van der Waals surface area contributed by atoms with E-state index in [1.807, 2.05) is 12.1 Å². The first-order valence-electron chi connectivity index (χ1n) is 6.44. The monoisotopic (exact) mass is 308 g/mol. The molecule has 0 saturated heterocycles. The maximum atomic E-state index is 5.97. The number of hydrogen-bond acceptors (Lipinski definition) is 3. The Morgan fingerprint density at radius 3 is 3.11 bits per heavy atom. The minimum absolute atomic E-state index is 0.218. The van der Waals surface area contributed by atoms with E-state index in [4.69, 9.17) is 15.5 Å². The number of nitrogens with zero attached hydrogens (tertiary/aromatic N) is 1. The van der Waals surface area contributed by atoms with E-state index >= 15 is 0 Å². The third kappa shape index (κ3) is 2.59. The van der Waals surface area contributed by atoms with E-state index in [9.17, 15) is 0 Å². The highest BCUT2D eigenvalue weighted by Gasteiger charge is 2.35. The lowest BCUT2D eigenvalue weighted by Crippen LogP contribution is -2.38. The summed E-state index contributed by atoms with van der Waals surface area (Å²) in [5, 5.41) is 0. The Labute approximate surface area is 116 Å². The largest absolute Gasteiger partial charge is 0.475 e. The maximum absolute atomic E-state index is 5.97. The Kier molecular flexibility index (Phi) is 3.39. The molecule has 3 unspecified atom stereocenters. The number of aliphatic imine (C=N–C) groups is 1. The van der Waals surface area contributed by atoms with Gasteiger partial charge in [-0.05, 0) is 30.5 Å². The molecule has 2 N–H and O–H groups in total. The molecular formula is C14H17BrN2O. The van der Waals surface area contributed by atoms with Crippen LogP contribution in [0, 0.1) is 0 Å². The quantitative estimate of drug-likeness (QED) is 0.913. The van der Waals surface area contributed by atoms with E-state index in [-0.39, 0.29) is 12.1 Å². The molecular weight excluding hydrogens is 292 g/mol. The van der Waals surface area contributed by atoms with E-state index in [1.165, 1.54) is 5.56 Å². The zero-order valence-corrected chi connectivity index (χ0v) is 11.8. The summed E-state index contributed by atoms with van der Waals surface area (Å²) in [6.07, 6.45) is 4.07. The second kappa shape index (κ2) is 5.02. The number of rotatable bonds is 2. The van der Waals surface area contributed by atoms with Crippen molar-refractivity contribution in [2.75, 3.05) is 0 Å². The van der Waals surface area contributed by atoms with Gasteiger partial charge in [0.2, 0.25) is 0 Å². The fourth-order valence-corrected chi connectivity index (χ4v) is 3.16. The second-order valence-corrected chi connectivity index (χ2v) is 6.04. The lowest BCUT2D eigenvalue weighted by molar-refractivity contribution is 0.139. The van der Waals surface area contributed by atoms with Crippen molar-refractivity contribution in [2.45, 2.75) is 43.9 Å². The van der Waals surface area contributed by atoms with E-state index in [0.29, 0.717) is 6.04 Å². The van der Waals surface area contributed by atoms with Gasteiger partial charge >= 0.3 is 0 Å². The summed E-state index contributed by atoms with van der Waals surface area (Å²) >= 11 is 3.48. The van der Waals surface area contributed by atoms with Crippen LogP contribution in [0.25, 0.3) is 0 Å². The van der Waals surface area contributed by atoms with Crippen molar-refractivity contribution in [3.05, 3.63) is 34.3 Å². The summed E-state index contributed by atoms with van der Waals surface area (Å²) in [7, 11) is 0. The predicted molar refractivity (Wildman–Crippen MR) is 75.8 cm³/mol. The molecule has 4 heteroatoms. The SMILES string of the molecule is NC1CCC2N=C(Cc3cccc(Br)c3)OC2C1. The fourth-order valence-electron chi connectivity index (χ4n) is 2.72. The second-order valence-electron chi connectivity index (χ2n) is 5.13. The molecule has 0 radical (unpaired) electrons. The molecule has 0 spiro atoms. The number of ether oxygens (including phenoxy) is 1. The van der Waals surface area contributed by atoms with Crippen LogP contribution in [0.2, 0.25) is 0 Å². The van der Waals surface area contributed by atoms with Crippen LogP contribution in [0.4, 0.5) is 0 Å². The van der Waals surface area contributed by atoms with Gasteiger partial charge in [0, 0.05) is 23.4 Å². The van der Waals surface area contributed by atoms with Gasteiger partial charge in [0.1, 0.15) is 6.10 Å². The molecule has 0 bridgehead atoms. The highest BCUT2D eigenvalue weighted by atomic mass is 79.9. The molecule has 18 heavy (non-hydrogen) atoms. The zero-order valence-electron chi connectivity index (χ0n) is 10.2. The summed E-state index contributed by atoms with van der Waals surface area (Å²) in [4.78, 5) is 4.69. The first-order valence-corrected chi connectivity index (χ1v) is 7.23. The smallest absolute Gasteiger partial charge is 0.188 e. The van der Waals surface area contributed by atoms with Crippen LogP contribution in [0.1, 0.15) is 24.8 Å². The summed E-state index contributed by atoms with van der Waals surface area (Å²) in [5.41, 5.74) is 7.20. The topological polar surface area (TPSA) is 47.6 Å². The lowest BCUT2D eigenvalue weighted by Gasteiger charge is -2.26. The molecule has 0 aromatic heterocycles. The van der Waals surface area contributed by atoms with Gasteiger partial charge in [0.25, 0.3) is 0 Å². The van der Waals surface area contributed by atoms with Crippen LogP contribution < -0.4 is 5.73 Å². The zero-order chi connectivity index (χ0) is 12.5. The van der Waals surface area contributed by atoms with Gasteiger partial charge in [-0.2, -0.15) is 0 Å². The molecule has 1 aromatic rings. The van der Waals surface area contributed by atoms with Crippen LogP contribution in [-0.2, 0) is 11.2 Å². The minimum atomic E-state index is 0.218. The third-order valence-corrected chi connectivity index (χ3v) is 4.13. The highest BCUT2D eigenvalue weighted by Crippen LogP contribution is 2.29. The average molecular weight is 309 g/mol. The van der Waals surface area contributed by atoms with Crippen LogP contribution in [0.3, 0.4) is 0 Å². The molecule has 3 atom stereocenters. The summed E-state index contributed by atoms with van der Waals surface area (Å²) < 4.78 is 7.03. The Morgan fingerprint density at radius 2 is 2.28 bits per heavy atom. The van der Waals surface area contributed by atoms with Crippen molar-refractivity contribution in [1.29, 1.82) is 0 Å². The predicted octanol–water partition coefficient (Wildman–Crippen LogP) is 2.67. The standard InChI is InChI=1S/C14H17BrN2O/c15-10-3-1-2-9(6-10)7-14-17-12-5-4-11(16)8-13(12)18-14/h1-3,6,11-13H,4-5,7-8,16H2. The summed E-state index contributed by atoms with van der Waals surface area (Å²) in [6.45, 7) is 0. The van der Waals surface area contributed by atoms with Crippen molar-refractivity contribution in [1.82, 2.24) is 0 Å². The first-order chi connectivity index (χ1) is 8.70. The van der Waals surface area contributed by atoms with Crippen LogP contribution in [0.5, 0.6) is 0 Å².